The molecule has 0 radical (unpaired) electrons. The standard InChI is InChI=1S/C34H52O7/c1-20-10-13-30(3)16-17-32(5)22(27(30)21(20)2)19-23(35)28-31(4)14-12-25(41-40-18-8-9-26(36)37)34(7,29(38)39)24(31)11-15-33(28,32)6/h19-21,24-25,27-28H,8-18H2,1-7H3,(H,36,37)(H,38,39)/t20-,21+,24?,25-,27?,28?,30-,31+,32-,33-,34-/m1/s1. The molecule has 3 unspecified atom stereocenters. The van der Waals surface area contributed by atoms with Crippen LogP contribution in [0.3, 0.4) is 0 Å². The highest BCUT2D eigenvalue weighted by molar-refractivity contribution is 5.96. The van der Waals surface area contributed by atoms with Gasteiger partial charge >= 0.3 is 11.9 Å². The average molecular weight is 573 g/mol. The van der Waals surface area contributed by atoms with Crippen LogP contribution in [0.5, 0.6) is 0 Å². The number of carbonyl (C=O) groups is 3. The number of carbonyl (C=O) groups excluding carboxylic acids is 1. The summed E-state index contributed by atoms with van der Waals surface area (Å²) in [6.07, 6.45) is 9.15. The van der Waals surface area contributed by atoms with Crippen LogP contribution in [-0.2, 0) is 24.2 Å². The molecule has 11 atom stereocenters. The van der Waals surface area contributed by atoms with Gasteiger partial charge in [-0.1, -0.05) is 47.1 Å². The van der Waals surface area contributed by atoms with Gasteiger partial charge in [-0.2, -0.15) is 0 Å². The summed E-state index contributed by atoms with van der Waals surface area (Å²) in [5.41, 5.74) is -0.382. The van der Waals surface area contributed by atoms with Crippen molar-refractivity contribution in [2.45, 2.75) is 119 Å². The highest BCUT2D eigenvalue weighted by Crippen LogP contribution is 2.75. The molecule has 5 aliphatic carbocycles. The van der Waals surface area contributed by atoms with Gasteiger partial charge < -0.3 is 10.2 Å². The van der Waals surface area contributed by atoms with E-state index >= 15 is 0 Å². The minimum atomic E-state index is -1.22. The third kappa shape index (κ3) is 4.29. The first kappa shape index (κ1) is 30.7. The lowest BCUT2D eigenvalue weighted by atomic mass is 9.33. The number of allylic oxidation sites excluding steroid dienone is 2. The fourth-order valence-electron chi connectivity index (χ4n) is 11.2. The zero-order valence-electron chi connectivity index (χ0n) is 26.3. The molecule has 4 fully saturated rings. The topological polar surface area (TPSA) is 110 Å². The fraction of sp³-hybridized carbons (Fsp3) is 0.853. The summed E-state index contributed by atoms with van der Waals surface area (Å²) < 4.78 is 0. The maximum absolute atomic E-state index is 14.5. The molecule has 0 saturated heterocycles. The Kier molecular flexibility index (Phi) is 7.63. The molecular formula is C34H52O7. The van der Waals surface area contributed by atoms with Gasteiger partial charge in [0.2, 0.25) is 0 Å². The number of ketones is 1. The zero-order valence-corrected chi connectivity index (χ0v) is 26.3. The Bertz CT molecular complexity index is 1130. The Morgan fingerprint density at radius 1 is 0.951 bits per heavy atom. The van der Waals surface area contributed by atoms with Crippen molar-refractivity contribution in [3.63, 3.8) is 0 Å². The van der Waals surface area contributed by atoms with E-state index in [2.05, 4.69) is 47.6 Å². The molecule has 5 rings (SSSR count). The fourth-order valence-corrected chi connectivity index (χ4v) is 11.2. The summed E-state index contributed by atoms with van der Waals surface area (Å²) in [7, 11) is 0. The third-order valence-electron chi connectivity index (χ3n) is 14.0. The second kappa shape index (κ2) is 10.2. The lowest BCUT2D eigenvalue weighted by molar-refractivity contribution is -0.360. The van der Waals surface area contributed by atoms with Crippen molar-refractivity contribution in [3.05, 3.63) is 11.6 Å². The maximum atomic E-state index is 14.5. The monoisotopic (exact) mass is 572 g/mol. The molecular weight excluding hydrogens is 520 g/mol. The Hall–Kier alpha value is -1.73. The quantitative estimate of drug-likeness (QED) is 0.190. The van der Waals surface area contributed by atoms with Gasteiger partial charge in [-0.05, 0) is 116 Å². The van der Waals surface area contributed by atoms with E-state index in [9.17, 15) is 19.5 Å². The summed E-state index contributed by atoms with van der Waals surface area (Å²) in [5, 5.41) is 19.6. The SMILES string of the molecule is C[C@@H]1CC[C@]2(C)CC[C@]3(C)C(=CC(=O)C4[C@@]5(C)CC[C@@H](OOCCCC(=O)O)[C@](C)(C(=O)O)C5CC[C@]43C)C2[C@H]1C. The van der Waals surface area contributed by atoms with Crippen molar-refractivity contribution in [2.24, 2.45) is 56.7 Å². The van der Waals surface area contributed by atoms with Gasteiger partial charge in [-0.3, -0.25) is 14.4 Å². The van der Waals surface area contributed by atoms with E-state index in [4.69, 9.17) is 14.9 Å². The summed E-state index contributed by atoms with van der Waals surface area (Å²) in [5.74, 6) is -0.485. The molecule has 7 nitrogen and oxygen atoms in total. The summed E-state index contributed by atoms with van der Waals surface area (Å²) in [6.45, 7) is 16.1. The predicted molar refractivity (Wildman–Crippen MR) is 155 cm³/mol. The molecule has 0 aromatic rings. The number of fused-ring (bicyclic) bond motifs is 7. The molecule has 0 amide bonds. The van der Waals surface area contributed by atoms with Gasteiger partial charge in [-0.15, -0.1) is 0 Å². The van der Waals surface area contributed by atoms with Crippen molar-refractivity contribution in [3.8, 4) is 0 Å². The van der Waals surface area contributed by atoms with Crippen LogP contribution in [-0.4, -0.2) is 40.6 Å². The number of hydrogen-bond donors (Lipinski definition) is 2. The largest absolute Gasteiger partial charge is 0.481 e. The van der Waals surface area contributed by atoms with E-state index < -0.39 is 28.9 Å². The number of aliphatic carboxylic acids is 2. The number of rotatable bonds is 7. The summed E-state index contributed by atoms with van der Waals surface area (Å²) in [6, 6.07) is 0. The Morgan fingerprint density at radius 3 is 2.32 bits per heavy atom. The lowest BCUT2D eigenvalue weighted by Gasteiger charge is -2.70. The highest BCUT2D eigenvalue weighted by atomic mass is 17.2. The van der Waals surface area contributed by atoms with Gasteiger partial charge in [0.05, 0.1) is 12.0 Å². The molecule has 7 heteroatoms. The summed E-state index contributed by atoms with van der Waals surface area (Å²) >= 11 is 0. The maximum Gasteiger partial charge on any atom is 0.312 e. The van der Waals surface area contributed by atoms with Crippen molar-refractivity contribution in [1.82, 2.24) is 0 Å². The predicted octanol–water partition coefficient (Wildman–Crippen LogP) is 7.09. The van der Waals surface area contributed by atoms with Gasteiger partial charge in [0, 0.05) is 12.3 Å². The number of hydrogen-bond acceptors (Lipinski definition) is 5. The van der Waals surface area contributed by atoms with E-state index in [1.165, 1.54) is 24.8 Å². The van der Waals surface area contributed by atoms with Crippen molar-refractivity contribution in [2.75, 3.05) is 6.61 Å². The summed E-state index contributed by atoms with van der Waals surface area (Å²) in [4.78, 5) is 49.5. The number of carboxylic acids is 2. The van der Waals surface area contributed by atoms with Crippen LogP contribution in [0.15, 0.2) is 11.6 Å². The second-order valence-corrected chi connectivity index (χ2v) is 15.8. The Labute approximate surface area is 245 Å². The van der Waals surface area contributed by atoms with Crippen LogP contribution in [0.4, 0.5) is 0 Å². The molecule has 0 bridgehead atoms. The second-order valence-electron chi connectivity index (χ2n) is 15.8. The molecule has 0 aromatic carbocycles. The van der Waals surface area contributed by atoms with Crippen LogP contribution in [0, 0.1) is 56.7 Å². The minimum Gasteiger partial charge on any atom is -0.481 e. The molecule has 0 aromatic heterocycles. The van der Waals surface area contributed by atoms with E-state index in [0.717, 1.165) is 19.3 Å². The molecule has 0 aliphatic heterocycles. The molecule has 230 valence electrons. The van der Waals surface area contributed by atoms with E-state index in [0.29, 0.717) is 37.0 Å². The first-order valence-corrected chi connectivity index (χ1v) is 16.1. The van der Waals surface area contributed by atoms with Gasteiger partial charge in [0.15, 0.2) is 5.78 Å². The van der Waals surface area contributed by atoms with Crippen LogP contribution < -0.4 is 0 Å². The number of carboxylic acid groups (broad SMARTS) is 2. The van der Waals surface area contributed by atoms with E-state index in [1.807, 2.05) is 0 Å². The van der Waals surface area contributed by atoms with Crippen molar-refractivity contribution >= 4 is 17.7 Å². The van der Waals surface area contributed by atoms with Crippen LogP contribution in [0.2, 0.25) is 0 Å². The van der Waals surface area contributed by atoms with Crippen LogP contribution >= 0.6 is 0 Å². The van der Waals surface area contributed by atoms with E-state index in [1.54, 1.807) is 6.92 Å². The molecule has 41 heavy (non-hydrogen) atoms. The molecule has 4 saturated carbocycles. The molecule has 0 heterocycles. The lowest BCUT2D eigenvalue weighted by Crippen LogP contribution is -2.68. The zero-order chi connectivity index (χ0) is 30.2. The smallest absolute Gasteiger partial charge is 0.312 e. The molecule has 5 aliphatic rings. The van der Waals surface area contributed by atoms with Crippen molar-refractivity contribution < 1.29 is 34.4 Å². The first-order chi connectivity index (χ1) is 19.1. The molecule has 2 N–H and O–H groups in total. The highest BCUT2D eigenvalue weighted by Gasteiger charge is 2.72. The van der Waals surface area contributed by atoms with Crippen LogP contribution in [0.25, 0.3) is 0 Å². The normalized spacial score (nSPS) is 49.1. The average Bonchev–Trinajstić information content (AvgIpc) is 2.88. The third-order valence-corrected chi connectivity index (χ3v) is 14.0. The first-order valence-electron chi connectivity index (χ1n) is 16.1. The van der Waals surface area contributed by atoms with Gasteiger partial charge in [-0.25, -0.2) is 9.78 Å². The van der Waals surface area contributed by atoms with Crippen LogP contribution in [0.1, 0.15) is 113 Å². The molecule has 0 spiro atoms. The Balaban J connectivity index is 1.49. The van der Waals surface area contributed by atoms with Gasteiger partial charge in [0.25, 0.3) is 0 Å². The Morgan fingerprint density at radius 2 is 1.66 bits per heavy atom. The van der Waals surface area contributed by atoms with Crippen molar-refractivity contribution in [1.29, 1.82) is 0 Å². The minimum absolute atomic E-state index is 0.0285. The van der Waals surface area contributed by atoms with E-state index in [-0.39, 0.29) is 46.9 Å². The van der Waals surface area contributed by atoms with Gasteiger partial charge in [0.1, 0.15) is 6.10 Å².